The quantitative estimate of drug-likeness (QED) is 0.859. The van der Waals surface area contributed by atoms with Gasteiger partial charge in [-0.2, -0.15) is 0 Å². The number of primary sulfonamides is 1. The van der Waals surface area contributed by atoms with Crippen molar-refractivity contribution in [3.8, 4) is 0 Å². The van der Waals surface area contributed by atoms with Crippen molar-refractivity contribution in [2.75, 3.05) is 19.8 Å². The van der Waals surface area contributed by atoms with Crippen molar-refractivity contribution < 1.29 is 17.9 Å². The minimum Gasteiger partial charge on any atom is -0.381 e. The van der Waals surface area contributed by atoms with Crippen molar-refractivity contribution in [3.05, 3.63) is 29.3 Å². The van der Waals surface area contributed by atoms with Crippen molar-refractivity contribution in [1.82, 2.24) is 5.32 Å². The summed E-state index contributed by atoms with van der Waals surface area (Å²) in [6.45, 7) is 3.68. The summed E-state index contributed by atoms with van der Waals surface area (Å²) in [7, 11) is -3.82. The molecule has 1 fully saturated rings. The van der Waals surface area contributed by atoms with E-state index in [1.807, 2.05) is 0 Å². The van der Waals surface area contributed by atoms with Crippen LogP contribution in [0.25, 0.3) is 0 Å². The number of nitrogens with one attached hydrogen (secondary N) is 1. The van der Waals surface area contributed by atoms with Gasteiger partial charge in [0.25, 0.3) is 5.91 Å². The van der Waals surface area contributed by atoms with Crippen LogP contribution in [0.15, 0.2) is 23.1 Å². The third kappa shape index (κ3) is 4.52. The first-order valence-corrected chi connectivity index (χ1v) is 8.41. The Balaban J connectivity index is 2.06. The van der Waals surface area contributed by atoms with Crippen LogP contribution in [-0.2, 0) is 14.8 Å². The van der Waals surface area contributed by atoms with E-state index in [1.54, 1.807) is 13.0 Å². The second-order valence-corrected chi connectivity index (χ2v) is 6.93. The average Bonchev–Trinajstić information content (AvgIpc) is 2.44. The van der Waals surface area contributed by atoms with Gasteiger partial charge in [0.2, 0.25) is 10.0 Å². The number of amides is 1. The summed E-state index contributed by atoms with van der Waals surface area (Å²) >= 11 is 0. The van der Waals surface area contributed by atoms with Crippen LogP contribution in [0, 0.1) is 12.8 Å². The molecule has 21 heavy (non-hydrogen) atoms. The fourth-order valence-electron chi connectivity index (χ4n) is 2.35. The van der Waals surface area contributed by atoms with Crippen molar-refractivity contribution in [2.24, 2.45) is 11.1 Å². The lowest BCUT2D eigenvalue weighted by Crippen LogP contribution is -2.33. The Morgan fingerprint density at radius 3 is 2.81 bits per heavy atom. The summed E-state index contributed by atoms with van der Waals surface area (Å²) in [5.74, 6) is 0.0133. The summed E-state index contributed by atoms with van der Waals surface area (Å²) in [6, 6.07) is 4.39. The first-order valence-electron chi connectivity index (χ1n) is 6.86. The summed E-state index contributed by atoms with van der Waals surface area (Å²) in [4.78, 5) is 12.1. The molecule has 1 unspecified atom stereocenters. The van der Waals surface area contributed by atoms with Crippen LogP contribution in [0.1, 0.15) is 28.8 Å². The number of rotatable bonds is 4. The van der Waals surface area contributed by atoms with E-state index in [-0.39, 0.29) is 10.8 Å². The van der Waals surface area contributed by atoms with Crippen LogP contribution in [0.5, 0.6) is 0 Å². The maximum Gasteiger partial charge on any atom is 0.251 e. The largest absolute Gasteiger partial charge is 0.381 e. The van der Waals surface area contributed by atoms with Crippen molar-refractivity contribution in [3.63, 3.8) is 0 Å². The molecule has 116 valence electrons. The van der Waals surface area contributed by atoms with E-state index in [0.29, 0.717) is 30.2 Å². The zero-order valence-electron chi connectivity index (χ0n) is 12.0. The molecule has 6 nitrogen and oxygen atoms in total. The van der Waals surface area contributed by atoms with Crippen LogP contribution in [0.4, 0.5) is 0 Å². The standard InChI is InChI=1S/C14H20N2O4S/c1-10-5-12(7-13(6-10)21(15,18)19)14(17)16-8-11-3-2-4-20-9-11/h5-7,11H,2-4,8-9H2,1H3,(H,16,17)(H2,15,18,19). The summed E-state index contributed by atoms with van der Waals surface area (Å²) in [6.07, 6.45) is 2.02. The van der Waals surface area contributed by atoms with Crippen LogP contribution in [0.2, 0.25) is 0 Å². The molecule has 7 heteroatoms. The first-order chi connectivity index (χ1) is 9.86. The molecule has 0 spiro atoms. The van der Waals surface area contributed by atoms with E-state index in [9.17, 15) is 13.2 Å². The predicted molar refractivity (Wildman–Crippen MR) is 78.4 cm³/mol. The molecule has 0 aromatic heterocycles. The van der Waals surface area contributed by atoms with Gasteiger partial charge in [0, 0.05) is 18.7 Å². The van der Waals surface area contributed by atoms with E-state index in [0.717, 1.165) is 19.4 Å². The fourth-order valence-corrected chi connectivity index (χ4v) is 2.99. The van der Waals surface area contributed by atoms with E-state index in [4.69, 9.17) is 9.88 Å². The van der Waals surface area contributed by atoms with Gasteiger partial charge in [0.1, 0.15) is 0 Å². The highest BCUT2D eigenvalue weighted by molar-refractivity contribution is 7.89. The van der Waals surface area contributed by atoms with Gasteiger partial charge in [-0.25, -0.2) is 13.6 Å². The molecule has 1 amide bonds. The lowest BCUT2D eigenvalue weighted by atomic mass is 10.0. The number of aryl methyl sites for hydroxylation is 1. The van der Waals surface area contributed by atoms with Gasteiger partial charge < -0.3 is 10.1 Å². The second kappa shape index (κ2) is 6.55. The first kappa shape index (κ1) is 15.9. The van der Waals surface area contributed by atoms with Crippen LogP contribution in [-0.4, -0.2) is 34.1 Å². The molecule has 1 atom stereocenters. The topological polar surface area (TPSA) is 98.5 Å². The zero-order chi connectivity index (χ0) is 15.5. The zero-order valence-corrected chi connectivity index (χ0v) is 12.8. The number of hydrogen-bond acceptors (Lipinski definition) is 4. The Bertz CT molecular complexity index is 622. The molecule has 0 aliphatic carbocycles. The Labute approximate surface area is 124 Å². The SMILES string of the molecule is Cc1cc(C(=O)NCC2CCCOC2)cc(S(N)(=O)=O)c1. The minimum atomic E-state index is -3.82. The highest BCUT2D eigenvalue weighted by atomic mass is 32.2. The number of carbonyl (C=O) groups excluding carboxylic acids is 1. The molecule has 2 rings (SSSR count). The lowest BCUT2D eigenvalue weighted by Gasteiger charge is -2.22. The van der Waals surface area contributed by atoms with E-state index < -0.39 is 10.0 Å². The Kier molecular flexibility index (Phi) is 4.97. The van der Waals surface area contributed by atoms with Gasteiger partial charge in [0.05, 0.1) is 11.5 Å². The molecule has 1 aromatic carbocycles. The number of hydrogen-bond donors (Lipinski definition) is 2. The fraction of sp³-hybridized carbons (Fsp3) is 0.500. The molecule has 3 N–H and O–H groups in total. The van der Waals surface area contributed by atoms with Gasteiger partial charge in [-0.3, -0.25) is 4.79 Å². The summed E-state index contributed by atoms with van der Waals surface area (Å²) in [5, 5.41) is 7.93. The molecular weight excluding hydrogens is 292 g/mol. The maximum atomic E-state index is 12.1. The molecule has 1 aliphatic heterocycles. The van der Waals surface area contributed by atoms with Crippen molar-refractivity contribution in [2.45, 2.75) is 24.7 Å². The normalized spacial score (nSPS) is 19.2. The predicted octanol–water partition coefficient (Wildman–Crippen LogP) is 0.799. The minimum absolute atomic E-state index is 0.0475. The molecule has 1 saturated heterocycles. The average molecular weight is 312 g/mol. The van der Waals surface area contributed by atoms with E-state index in [1.165, 1.54) is 12.1 Å². The maximum absolute atomic E-state index is 12.1. The highest BCUT2D eigenvalue weighted by Gasteiger charge is 2.17. The second-order valence-electron chi connectivity index (χ2n) is 5.37. The van der Waals surface area contributed by atoms with Crippen molar-refractivity contribution >= 4 is 15.9 Å². The van der Waals surface area contributed by atoms with Gasteiger partial charge in [-0.15, -0.1) is 0 Å². The molecular formula is C14H20N2O4S. The van der Waals surface area contributed by atoms with Gasteiger partial charge >= 0.3 is 0 Å². The van der Waals surface area contributed by atoms with Crippen LogP contribution < -0.4 is 10.5 Å². The van der Waals surface area contributed by atoms with Gasteiger partial charge in [0.15, 0.2) is 0 Å². The van der Waals surface area contributed by atoms with Crippen molar-refractivity contribution in [1.29, 1.82) is 0 Å². The van der Waals surface area contributed by atoms with Crippen LogP contribution >= 0.6 is 0 Å². The Morgan fingerprint density at radius 1 is 1.43 bits per heavy atom. The van der Waals surface area contributed by atoms with Crippen LogP contribution in [0.3, 0.4) is 0 Å². The Hall–Kier alpha value is -1.44. The van der Waals surface area contributed by atoms with Gasteiger partial charge in [-0.1, -0.05) is 0 Å². The monoisotopic (exact) mass is 312 g/mol. The molecule has 0 bridgehead atoms. The highest BCUT2D eigenvalue weighted by Crippen LogP contribution is 2.15. The number of ether oxygens (including phenoxy) is 1. The molecule has 1 aliphatic rings. The van der Waals surface area contributed by atoms with E-state index >= 15 is 0 Å². The summed E-state index contributed by atoms with van der Waals surface area (Å²) < 4.78 is 28.1. The molecule has 0 radical (unpaired) electrons. The number of nitrogens with two attached hydrogens (primary N) is 1. The van der Waals surface area contributed by atoms with E-state index in [2.05, 4.69) is 5.32 Å². The summed E-state index contributed by atoms with van der Waals surface area (Å²) in [5.41, 5.74) is 0.975. The smallest absolute Gasteiger partial charge is 0.251 e. The Morgan fingerprint density at radius 2 is 2.19 bits per heavy atom. The lowest BCUT2D eigenvalue weighted by molar-refractivity contribution is 0.0536. The third-order valence-electron chi connectivity index (χ3n) is 3.45. The molecule has 1 aromatic rings. The number of sulfonamides is 1. The molecule has 1 heterocycles. The third-order valence-corrected chi connectivity index (χ3v) is 4.34. The molecule has 0 saturated carbocycles. The number of carbonyl (C=O) groups is 1. The van der Waals surface area contributed by atoms with Gasteiger partial charge in [-0.05, 0) is 49.4 Å². The number of benzene rings is 1.